The maximum atomic E-state index is 13.9. The smallest absolute Gasteiger partial charge is 0.289 e. The van der Waals surface area contributed by atoms with Gasteiger partial charge in [0.1, 0.15) is 19.6 Å². The number of hydrogen-bond donors (Lipinski definition) is 1. The van der Waals surface area contributed by atoms with Crippen LogP contribution in [0.1, 0.15) is 40.5 Å². The average Bonchev–Trinajstić information content (AvgIpc) is 3.44. The summed E-state index contributed by atoms with van der Waals surface area (Å²) in [5, 5.41) is 6.73. The quantitative estimate of drug-likeness (QED) is 0.165. The van der Waals surface area contributed by atoms with Gasteiger partial charge in [0.25, 0.3) is 27.2 Å². The summed E-state index contributed by atoms with van der Waals surface area (Å²) in [6, 6.07) is 18.7. The minimum absolute atomic E-state index is 0.0265. The fraction of sp³-hybridized carbons (Fsp3) is 0.226. The molecule has 1 unspecified atom stereocenters. The van der Waals surface area contributed by atoms with Gasteiger partial charge in [-0.3, -0.25) is 24.6 Å². The molecular formula is C31H30N6O6S2. The van der Waals surface area contributed by atoms with E-state index in [2.05, 4.69) is 15.0 Å². The number of aromatic nitrogens is 2. The number of nitrogens with one attached hydrogen (secondary N) is 1. The highest BCUT2D eigenvalue weighted by Crippen LogP contribution is 2.29. The summed E-state index contributed by atoms with van der Waals surface area (Å²) >= 11 is 5.77. The molecule has 0 saturated carbocycles. The maximum Gasteiger partial charge on any atom is 0.289 e. The minimum Gasteiger partial charge on any atom is -0.486 e. The number of Topliss-reactive ketones (excluding diaryl/α,β-unsaturated/α-hetero) is 1. The van der Waals surface area contributed by atoms with E-state index in [4.69, 9.17) is 16.7 Å². The zero-order valence-electron chi connectivity index (χ0n) is 24.9. The van der Waals surface area contributed by atoms with E-state index < -0.39 is 27.9 Å². The van der Waals surface area contributed by atoms with Gasteiger partial charge in [0.2, 0.25) is 5.91 Å². The monoisotopic (exact) mass is 646 g/mol. The van der Waals surface area contributed by atoms with Crippen molar-refractivity contribution in [1.29, 1.82) is 0 Å². The lowest BCUT2D eigenvalue weighted by Gasteiger charge is -2.22. The Kier molecular flexibility index (Phi) is 8.80. The zero-order chi connectivity index (χ0) is 32.5. The Morgan fingerprint density at radius 3 is 2.20 bits per heavy atom. The Morgan fingerprint density at radius 1 is 1.00 bits per heavy atom. The largest absolute Gasteiger partial charge is 0.486 e. The van der Waals surface area contributed by atoms with Crippen LogP contribution >= 0.6 is 12.2 Å². The van der Waals surface area contributed by atoms with Crippen molar-refractivity contribution < 1.29 is 32.0 Å². The van der Waals surface area contributed by atoms with Crippen LogP contribution < -0.4 is 25.7 Å². The first-order chi connectivity index (χ1) is 21.3. The summed E-state index contributed by atoms with van der Waals surface area (Å²) in [6.07, 6.45) is -0.279. The van der Waals surface area contributed by atoms with Crippen LogP contribution in [0.5, 0.6) is 0 Å². The summed E-state index contributed by atoms with van der Waals surface area (Å²) < 4.78 is 36.7. The number of rotatable bonds is 9. The fourth-order valence-electron chi connectivity index (χ4n) is 4.73. The number of hydrogen-bond acceptors (Lipinski definition) is 7. The van der Waals surface area contributed by atoms with Gasteiger partial charge in [-0.15, -0.1) is 4.40 Å². The molecule has 232 valence electrons. The summed E-state index contributed by atoms with van der Waals surface area (Å²) in [6.45, 7) is 5.06. The highest BCUT2D eigenvalue weighted by molar-refractivity contribution is 7.90. The second-order valence-electron chi connectivity index (χ2n) is 10.6. The number of nitrogens with zero attached hydrogens (tertiary/aromatic N) is 5. The lowest BCUT2D eigenvalue weighted by molar-refractivity contribution is -0.752. The Labute approximate surface area is 265 Å². The standard InChI is InChI=1S/C31H30N6O6S2/c1-19-5-13-24(14-6-19)37-30(40)26(17-28(39)32-23-11-9-22(10-12-23)21(3)38)36(31(37)44)18-27-29(43-34-35(27)4)33-45(41,42)25-15-7-20(2)8-16-25/h5-16,26H,17-18H2,1-4H3,(H,32,39)/b33-29-. The normalized spacial score (nSPS) is 15.6. The van der Waals surface area contributed by atoms with Crippen molar-refractivity contribution in [3.63, 3.8) is 0 Å². The van der Waals surface area contributed by atoms with Crippen LogP contribution in [0.4, 0.5) is 11.4 Å². The van der Waals surface area contributed by atoms with Crippen molar-refractivity contribution >= 4 is 56.3 Å². The molecule has 1 saturated heterocycles. The molecule has 1 aliphatic rings. The number of aryl methyl sites for hydroxylation is 3. The Bertz CT molecular complexity index is 1960. The third kappa shape index (κ3) is 6.76. The van der Waals surface area contributed by atoms with E-state index >= 15 is 0 Å². The van der Waals surface area contributed by atoms with Crippen LogP contribution in [0, 0.1) is 13.8 Å². The van der Waals surface area contributed by atoms with Gasteiger partial charge in [-0.25, -0.2) is 4.68 Å². The number of carbonyl (C=O) groups is 3. The topological polar surface area (TPSA) is 147 Å². The van der Waals surface area contributed by atoms with Crippen molar-refractivity contribution in [2.45, 2.75) is 44.7 Å². The van der Waals surface area contributed by atoms with E-state index in [1.165, 1.54) is 33.5 Å². The van der Waals surface area contributed by atoms with E-state index in [0.717, 1.165) is 11.1 Å². The van der Waals surface area contributed by atoms with Crippen LogP contribution in [0.25, 0.3) is 0 Å². The number of carbonyl (C=O) groups excluding carboxylic acids is 3. The molecule has 0 bridgehead atoms. The van der Waals surface area contributed by atoms with Crippen LogP contribution in [0.2, 0.25) is 0 Å². The van der Waals surface area contributed by atoms with E-state index in [9.17, 15) is 22.8 Å². The number of sulfonamides is 1. The van der Waals surface area contributed by atoms with Crippen LogP contribution in [-0.4, -0.2) is 42.1 Å². The molecule has 1 aliphatic heterocycles. The molecular weight excluding hydrogens is 617 g/mol. The maximum absolute atomic E-state index is 13.9. The molecule has 0 aliphatic carbocycles. The molecule has 1 atom stereocenters. The summed E-state index contributed by atoms with van der Waals surface area (Å²) in [7, 11) is -2.62. The molecule has 1 fully saturated rings. The van der Waals surface area contributed by atoms with E-state index in [1.807, 2.05) is 26.0 Å². The van der Waals surface area contributed by atoms with Crippen LogP contribution in [-0.2, 0) is 33.2 Å². The van der Waals surface area contributed by atoms with Gasteiger partial charge in [-0.2, -0.15) is 8.42 Å². The summed E-state index contributed by atoms with van der Waals surface area (Å²) in [5.41, 5.74) is 3.27. The lowest BCUT2D eigenvalue weighted by atomic mass is 10.1. The molecule has 0 spiro atoms. The highest BCUT2D eigenvalue weighted by Gasteiger charge is 2.45. The number of amides is 2. The SMILES string of the molecule is CC(=O)c1ccc(NC(=O)CC2C(=O)N(c3ccc(C)cc3)C(=S)N2Cc2/c(=N/S(=O)(=O)c3ccc(C)cc3)o[n-][n+]2C)cc1. The van der Waals surface area contributed by atoms with E-state index in [-0.39, 0.29) is 40.0 Å². The molecule has 1 N–H and O–H groups in total. The number of ketones is 1. The van der Waals surface area contributed by atoms with Crippen molar-refractivity contribution in [2.75, 3.05) is 10.2 Å². The molecule has 3 aromatic carbocycles. The molecule has 0 radical (unpaired) electrons. The van der Waals surface area contributed by atoms with Gasteiger partial charge in [-0.1, -0.05) is 35.4 Å². The predicted octanol–water partition coefficient (Wildman–Crippen LogP) is 2.70. The first kappa shape index (κ1) is 31.5. The average molecular weight is 647 g/mol. The number of benzene rings is 3. The number of anilines is 2. The first-order valence-corrected chi connectivity index (χ1v) is 15.7. The molecule has 4 aromatic rings. The van der Waals surface area contributed by atoms with Crippen LogP contribution in [0.3, 0.4) is 0 Å². The molecule has 1 aromatic heterocycles. The molecule has 2 amide bonds. The molecule has 45 heavy (non-hydrogen) atoms. The summed E-state index contributed by atoms with van der Waals surface area (Å²) in [4.78, 5) is 41.6. The van der Waals surface area contributed by atoms with Gasteiger partial charge in [0.05, 0.1) is 17.0 Å². The van der Waals surface area contributed by atoms with Crippen molar-refractivity contribution in [1.82, 2.24) is 10.2 Å². The molecule has 2 heterocycles. The van der Waals surface area contributed by atoms with Gasteiger partial charge in [0, 0.05) is 11.3 Å². The molecule has 12 nitrogen and oxygen atoms in total. The Balaban J connectivity index is 1.48. The number of thiocarbonyl (C=S) groups is 1. The van der Waals surface area contributed by atoms with Gasteiger partial charge in [0.15, 0.2) is 10.9 Å². The second-order valence-corrected chi connectivity index (χ2v) is 12.6. The first-order valence-electron chi connectivity index (χ1n) is 13.9. The third-order valence-electron chi connectivity index (χ3n) is 7.29. The van der Waals surface area contributed by atoms with Crippen molar-refractivity contribution in [3.05, 3.63) is 101 Å². The highest BCUT2D eigenvalue weighted by atomic mass is 32.2. The molecule has 14 heteroatoms. The van der Waals surface area contributed by atoms with Crippen molar-refractivity contribution in [2.24, 2.45) is 11.4 Å². The zero-order valence-corrected chi connectivity index (χ0v) is 26.6. The fourth-order valence-corrected chi connectivity index (χ4v) is 6.06. The van der Waals surface area contributed by atoms with E-state index in [1.54, 1.807) is 55.6 Å². The second kappa shape index (κ2) is 12.6. The van der Waals surface area contributed by atoms with Crippen LogP contribution in [0.15, 0.2) is 86.6 Å². The lowest BCUT2D eigenvalue weighted by Crippen LogP contribution is -2.45. The van der Waals surface area contributed by atoms with Gasteiger partial charge in [-0.05, 0) is 81.5 Å². The summed E-state index contributed by atoms with van der Waals surface area (Å²) in [5.74, 6) is -1.01. The predicted molar refractivity (Wildman–Crippen MR) is 167 cm³/mol. The third-order valence-corrected chi connectivity index (χ3v) is 8.99. The van der Waals surface area contributed by atoms with Crippen molar-refractivity contribution in [3.8, 4) is 0 Å². The minimum atomic E-state index is -4.17. The van der Waals surface area contributed by atoms with Gasteiger partial charge >= 0.3 is 0 Å². The Morgan fingerprint density at radius 2 is 1.60 bits per heavy atom. The molecule has 5 rings (SSSR count). The Hall–Kier alpha value is -4.95. The van der Waals surface area contributed by atoms with E-state index in [0.29, 0.717) is 16.9 Å². The van der Waals surface area contributed by atoms with Gasteiger partial charge < -0.3 is 14.7 Å².